The number of carbonyl (C=O) groups excluding carboxylic acids is 1. The van der Waals surface area contributed by atoms with Crippen LogP contribution in [0.25, 0.3) is 0 Å². The second-order valence-corrected chi connectivity index (χ2v) is 3.61. The van der Waals surface area contributed by atoms with Crippen LogP contribution in [0.15, 0.2) is 36.4 Å². The van der Waals surface area contributed by atoms with Gasteiger partial charge in [-0.05, 0) is 17.7 Å². The van der Waals surface area contributed by atoms with E-state index in [0.29, 0.717) is 12.0 Å². The van der Waals surface area contributed by atoms with Gasteiger partial charge < -0.3 is 10.1 Å². The maximum absolute atomic E-state index is 11.2. The van der Waals surface area contributed by atoms with Crippen LogP contribution >= 0.6 is 0 Å². The van der Waals surface area contributed by atoms with Crippen molar-refractivity contribution in [3.8, 4) is 5.75 Å². The van der Waals surface area contributed by atoms with Gasteiger partial charge in [0.25, 0.3) is 0 Å². The molecule has 0 spiro atoms. The number of nitrogens with one attached hydrogen (secondary N) is 1. The molecule has 1 aliphatic heterocycles. The normalized spacial score (nSPS) is 20.2. The van der Waals surface area contributed by atoms with E-state index in [0.717, 1.165) is 11.3 Å². The lowest BCUT2D eigenvalue weighted by atomic mass is 10.0. The van der Waals surface area contributed by atoms with Crippen LogP contribution in [0.5, 0.6) is 5.75 Å². The number of hydrogen-bond donors (Lipinski definition) is 1. The molecule has 0 bridgehead atoms. The van der Waals surface area contributed by atoms with Crippen molar-refractivity contribution in [3.63, 3.8) is 0 Å². The molecule has 2 rings (SSSR count). The fourth-order valence-electron chi connectivity index (χ4n) is 1.69. The van der Waals surface area contributed by atoms with Crippen LogP contribution in [-0.2, 0) is 4.79 Å². The average Bonchev–Trinajstić information content (AvgIpc) is 2.59. The van der Waals surface area contributed by atoms with E-state index in [2.05, 4.69) is 11.9 Å². The van der Waals surface area contributed by atoms with Crippen LogP contribution in [0, 0.1) is 0 Å². The first kappa shape index (κ1) is 9.77. The van der Waals surface area contributed by atoms with Crippen molar-refractivity contribution < 1.29 is 9.53 Å². The Balaban J connectivity index is 2.17. The Hall–Kier alpha value is -1.77. The Labute approximate surface area is 88.8 Å². The second kappa shape index (κ2) is 3.77. The molecule has 1 fully saturated rings. The fourth-order valence-corrected chi connectivity index (χ4v) is 1.69. The molecule has 1 aromatic carbocycles. The highest BCUT2D eigenvalue weighted by Gasteiger charge is 2.25. The Morgan fingerprint density at radius 1 is 1.40 bits per heavy atom. The molecule has 15 heavy (non-hydrogen) atoms. The fraction of sp³-hybridized carbons (Fsp3) is 0.250. The molecule has 0 saturated carbocycles. The van der Waals surface area contributed by atoms with Gasteiger partial charge in [-0.15, -0.1) is 0 Å². The summed E-state index contributed by atoms with van der Waals surface area (Å²) in [6, 6.07) is 7.77. The molecule has 0 unspecified atom stereocenters. The maximum atomic E-state index is 11.2. The van der Waals surface area contributed by atoms with Crippen molar-refractivity contribution in [2.45, 2.75) is 12.5 Å². The first-order chi connectivity index (χ1) is 7.20. The largest absolute Gasteiger partial charge is 0.497 e. The van der Waals surface area contributed by atoms with Crippen molar-refractivity contribution >= 4 is 5.91 Å². The van der Waals surface area contributed by atoms with Crippen LogP contribution in [0.1, 0.15) is 18.0 Å². The lowest BCUT2D eigenvalue weighted by Gasteiger charge is -2.10. The third-order valence-corrected chi connectivity index (χ3v) is 2.60. The van der Waals surface area contributed by atoms with Crippen LogP contribution in [-0.4, -0.2) is 13.0 Å². The zero-order chi connectivity index (χ0) is 10.8. The van der Waals surface area contributed by atoms with E-state index < -0.39 is 0 Å². The number of rotatable bonds is 2. The molecular formula is C12H13NO2. The molecule has 0 radical (unpaired) electrons. The minimum absolute atomic E-state index is 0.0455. The number of benzene rings is 1. The summed E-state index contributed by atoms with van der Waals surface area (Å²) in [6.45, 7) is 3.71. The average molecular weight is 203 g/mol. The van der Waals surface area contributed by atoms with Crippen LogP contribution < -0.4 is 10.1 Å². The van der Waals surface area contributed by atoms with Gasteiger partial charge in [0, 0.05) is 12.0 Å². The quantitative estimate of drug-likeness (QED) is 0.744. The standard InChI is InChI=1S/C12H13NO2/c1-8-7-11(13-12(8)14)9-3-5-10(15-2)6-4-9/h3-6,11H,1,7H2,2H3,(H,13,14)/t11-/m1/s1. The van der Waals surface area contributed by atoms with E-state index in [4.69, 9.17) is 4.74 Å². The molecule has 1 atom stereocenters. The highest BCUT2D eigenvalue weighted by molar-refractivity contribution is 5.95. The van der Waals surface area contributed by atoms with E-state index in [1.165, 1.54) is 0 Å². The topological polar surface area (TPSA) is 38.3 Å². The molecule has 0 aromatic heterocycles. The van der Waals surface area contributed by atoms with Gasteiger partial charge in [-0.1, -0.05) is 18.7 Å². The van der Waals surface area contributed by atoms with Crippen molar-refractivity contribution in [1.29, 1.82) is 0 Å². The number of ether oxygens (including phenoxy) is 1. The summed E-state index contributed by atoms with van der Waals surface area (Å²) in [4.78, 5) is 11.2. The van der Waals surface area contributed by atoms with Gasteiger partial charge in [0.1, 0.15) is 5.75 Å². The Bertz CT molecular complexity index is 379. The SMILES string of the molecule is C=C1C[C@H](c2ccc(OC)cc2)NC1=O. The molecule has 1 aromatic rings. The van der Waals surface area contributed by atoms with Crippen molar-refractivity contribution in [2.24, 2.45) is 0 Å². The van der Waals surface area contributed by atoms with Crippen molar-refractivity contribution in [2.75, 3.05) is 7.11 Å². The van der Waals surface area contributed by atoms with Crippen LogP contribution in [0.4, 0.5) is 0 Å². The zero-order valence-electron chi connectivity index (χ0n) is 8.62. The molecule has 78 valence electrons. The Morgan fingerprint density at radius 3 is 2.53 bits per heavy atom. The number of amides is 1. The van der Waals surface area contributed by atoms with E-state index in [1.807, 2.05) is 24.3 Å². The lowest BCUT2D eigenvalue weighted by molar-refractivity contribution is -0.116. The first-order valence-corrected chi connectivity index (χ1v) is 4.83. The van der Waals surface area contributed by atoms with Gasteiger partial charge in [0.2, 0.25) is 5.91 Å². The highest BCUT2D eigenvalue weighted by atomic mass is 16.5. The van der Waals surface area contributed by atoms with Gasteiger partial charge in [-0.2, -0.15) is 0 Å². The van der Waals surface area contributed by atoms with Gasteiger partial charge in [-0.3, -0.25) is 4.79 Å². The summed E-state index contributed by atoms with van der Waals surface area (Å²) in [6.07, 6.45) is 0.686. The summed E-state index contributed by atoms with van der Waals surface area (Å²) in [5.74, 6) is 0.776. The predicted octanol–water partition coefficient (Wildman–Crippen LogP) is 1.81. The Kier molecular flexibility index (Phi) is 2.46. The maximum Gasteiger partial charge on any atom is 0.247 e. The van der Waals surface area contributed by atoms with E-state index in [9.17, 15) is 4.79 Å². The summed E-state index contributed by atoms with van der Waals surface area (Å²) in [5.41, 5.74) is 1.73. The summed E-state index contributed by atoms with van der Waals surface area (Å²) >= 11 is 0. The molecule has 1 heterocycles. The minimum Gasteiger partial charge on any atom is -0.497 e. The molecule has 3 heteroatoms. The smallest absolute Gasteiger partial charge is 0.247 e. The molecule has 3 nitrogen and oxygen atoms in total. The molecule has 0 aliphatic carbocycles. The van der Waals surface area contributed by atoms with Crippen molar-refractivity contribution in [3.05, 3.63) is 42.0 Å². The monoisotopic (exact) mass is 203 g/mol. The minimum atomic E-state index is -0.0455. The molecule has 1 amide bonds. The summed E-state index contributed by atoms with van der Waals surface area (Å²) in [5, 5.41) is 2.88. The Morgan fingerprint density at radius 2 is 2.07 bits per heavy atom. The van der Waals surface area contributed by atoms with Crippen LogP contribution in [0.3, 0.4) is 0 Å². The second-order valence-electron chi connectivity index (χ2n) is 3.61. The lowest BCUT2D eigenvalue weighted by Crippen LogP contribution is -2.18. The van der Waals surface area contributed by atoms with Gasteiger partial charge >= 0.3 is 0 Å². The zero-order valence-corrected chi connectivity index (χ0v) is 8.62. The van der Waals surface area contributed by atoms with Gasteiger partial charge in [0.05, 0.1) is 13.2 Å². The third-order valence-electron chi connectivity index (χ3n) is 2.60. The molecule has 1 aliphatic rings. The number of carbonyl (C=O) groups is 1. The first-order valence-electron chi connectivity index (χ1n) is 4.83. The third kappa shape index (κ3) is 1.86. The van der Waals surface area contributed by atoms with Gasteiger partial charge in [-0.25, -0.2) is 0 Å². The summed E-state index contributed by atoms with van der Waals surface area (Å²) < 4.78 is 5.07. The summed E-state index contributed by atoms with van der Waals surface area (Å²) in [7, 11) is 1.63. The van der Waals surface area contributed by atoms with Gasteiger partial charge in [0.15, 0.2) is 0 Å². The number of methoxy groups -OCH3 is 1. The molecule has 1 N–H and O–H groups in total. The highest BCUT2D eigenvalue weighted by Crippen LogP contribution is 2.27. The van der Waals surface area contributed by atoms with E-state index in [1.54, 1.807) is 7.11 Å². The molecular weight excluding hydrogens is 190 g/mol. The van der Waals surface area contributed by atoms with Crippen molar-refractivity contribution in [1.82, 2.24) is 5.32 Å². The van der Waals surface area contributed by atoms with Crippen LogP contribution in [0.2, 0.25) is 0 Å². The van der Waals surface area contributed by atoms with E-state index in [-0.39, 0.29) is 11.9 Å². The molecule has 1 saturated heterocycles. The number of hydrogen-bond acceptors (Lipinski definition) is 2. The predicted molar refractivity (Wildman–Crippen MR) is 57.6 cm³/mol. The van der Waals surface area contributed by atoms with E-state index >= 15 is 0 Å².